The van der Waals surface area contributed by atoms with E-state index >= 15 is 0 Å². The molecule has 23 nitrogen and oxygen atoms in total. The van der Waals surface area contributed by atoms with E-state index < -0.39 is 148 Å². The van der Waals surface area contributed by atoms with Gasteiger partial charge >= 0.3 is 5.97 Å². The zero-order valence-corrected chi connectivity index (χ0v) is 53.8. The van der Waals surface area contributed by atoms with Gasteiger partial charge in [-0.05, 0) is 12.8 Å². The standard InChI is InChI=1S/C65H122N2O21/c1-4-6-8-10-12-14-16-17-18-19-20-21-22-23-24-25-26-27-29-31-33-35-37-39-52(75)67-46(47(72)38-36-34-32-30-28-15-13-11-9-7-5-2)44-83-62-57(79)56(78)59(51(43-70)85-62)86-63-58(80)61(55(77)50(42-69)84-63)88-65(64(81)82)40-48(73)53(66-45(3)71)60(87-65)54(76)49(74)41-68/h46-51,53-63,68-70,72-74,76-80H,4-44H2,1-3H3,(H,66,71)(H,67,75)(H,81,82). The molecule has 0 aliphatic carbocycles. The molecule has 3 rings (SSSR count). The van der Waals surface area contributed by atoms with Gasteiger partial charge in [0.05, 0.1) is 50.7 Å². The molecule has 3 heterocycles. The van der Waals surface area contributed by atoms with E-state index in [0.29, 0.717) is 19.3 Å². The summed E-state index contributed by atoms with van der Waals surface area (Å²) in [4.78, 5) is 38.5. The Bertz CT molecular complexity index is 1790. The van der Waals surface area contributed by atoms with Gasteiger partial charge in [0.15, 0.2) is 12.6 Å². The predicted molar refractivity (Wildman–Crippen MR) is 329 cm³/mol. The molecule has 518 valence electrons. The molecule has 3 aliphatic rings. The molecule has 0 radical (unpaired) electrons. The first-order valence-electron chi connectivity index (χ1n) is 34.4. The quantitative estimate of drug-likeness (QED) is 0.0323. The third-order valence-corrected chi connectivity index (χ3v) is 17.8. The number of carbonyl (C=O) groups is 3. The van der Waals surface area contributed by atoms with Crippen molar-refractivity contribution >= 4 is 17.8 Å². The lowest BCUT2D eigenvalue weighted by Gasteiger charge is -2.50. The third-order valence-electron chi connectivity index (χ3n) is 17.8. The van der Waals surface area contributed by atoms with Crippen LogP contribution in [0.25, 0.3) is 0 Å². The number of carboxylic acids is 1. The molecule has 3 aliphatic heterocycles. The number of carbonyl (C=O) groups excluding carboxylic acids is 2. The van der Waals surface area contributed by atoms with Gasteiger partial charge in [-0.15, -0.1) is 0 Å². The fourth-order valence-electron chi connectivity index (χ4n) is 12.3. The van der Waals surface area contributed by atoms with Crippen molar-refractivity contribution in [3.8, 4) is 0 Å². The number of aliphatic hydroxyl groups excluding tert-OH is 11. The molecule has 3 fully saturated rings. The highest BCUT2D eigenvalue weighted by Gasteiger charge is 2.60. The number of hydrogen-bond acceptors (Lipinski definition) is 20. The Balaban J connectivity index is 1.55. The molecular formula is C65H122N2O21. The van der Waals surface area contributed by atoms with Crippen LogP contribution >= 0.6 is 0 Å². The molecule has 0 aromatic rings. The number of carboxylic acid groups (broad SMARTS) is 1. The van der Waals surface area contributed by atoms with Crippen molar-refractivity contribution in [2.45, 2.75) is 368 Å². The Hall–Kier alpha value is -2.27. The summed E-state index contributed by atoms with van der Waals surface area (Å²) in [5.41, 5.74) is 0. The first-order valence-corrected chi connectivity index (χ1v) is 34.4. The van der Waals surface area contributed by atoms with Crippen LogP contribution in [-0.2, 0) is 42.8 Å². The van der Waals surface area contributed by atoms with E-state index in [-0.39, 0.29) is 18.9 Å². The first-order chi connectivity index (χ1) is 42.4. The number of aliphatic carboxylic acids is 1. The minimum absolute atomic E-state index is 0.229. The Morgan fingerprint density at radius 3 is 1.42 bits per heavy atom. The molecule has 2 amide bonds. The summed E-state index contributed by atoms with van der Waals surface area (Å²) in [7, 11) is 0. The second-order valence-corrected chi connectivity index (χ2v) is 25.4. The lowest BCUT2D eigenvalue weighted by atomic mass is 9.88. The Kier molecular flexibility index (Phi) is 42.5. The molecule has 23 heteroatoms. The highest BCUT2D eigenvalue weighted by Crippen LogP contribution is 2.39. The number of unbranched alkanes of at least 4 members (excludes halogenated alkanes) is 32. The fourth-order valence-corrected chi connectivity index (χ4v) is 12.3. The average molecular weight is 1270 g/mol. The van der Waals surface area contributed by atoms with Crippen LogP contribution in [0.4, 0.5) is 0 Å². The highest BCUT2D eigenvalue weighted by atomic mass is 16.8. The van der Waals surface area contributed by atoms with E-state index in [0.717, 1.165) is 51.9 Å². The van der Waals surface area contributed by atoms with Crippen molar-refractivity contribution in [3.05, 3.63) is 0 Å². The Morgan fingerprint density at radius 2 is 0.989 bits per heavy atom. The van der Waals surface area contributed by atoms with Gasteiger partial charge in [0.1, 0.15) is 67.1 Å². The molecule has 0 saturated carbocycles. The number of rotatable bonds is 52. The van der Waals surface area contributed by atoms with E-state index in [9.17, 15) is 75.7 Å². The number of hydrogen-bond donors (Lipinski definition) is 14. The summed E-state index contributed by atoms with van der Waals surface area (Å²) in [6.45, 7) is 2.20. The summed E-state index contributed by atoms with van der Waals surface area (Å²) >= 11 is 0. The second kappa shape index (κ2) is 46.7. The van der Waals surface area contributed by atoms with Crippen LogP contribution in [0.3, 0.4) is 0 Å². The lowest BCUT2D eigenvalue weighted by molar-refractivity contribution is -0.386. The average Bonchev–Trinajstić information content (AvgIpc) is 3.62. The number of amides is 2. The van der Waals surface area contributed by atoms with Crippen LogP contribution in [-0.4, -0.2) is 215 Å². The van der Waals surface area contributed by atoms with Crippen molar-refractivity contribution in [2.75, 3.05) is 26.4 Å². The van der Waals surface area contributed by atoms with Crippen LogP contribution in [0.15, 0.2) is 0 Å². The zero-order chi connectivity index (χ0) is 64.7. The molecule has 14 N–H and O–H groups in total. The highest BCUT2D eigenvalue weighted by molar-refractivity contribution is 5.77. The molecule has 0 spiro atoms. The van der Waals surface area contributed by atoms with Crippen LogP contribution in [0.5, 0.6) is 0 Å². The van der Waals surface area contributed by atoms with Crippen LogP contribution < -0.4 is 10.6 Å². The van der Waals surface area contributed by atoms with Gasteiger partial charge in [0.2, 0.25) is 11.8 Å². The summed E-state index contributed by atoms with van der Waals surface area (Å²) < 4.78 is 34.8. The zero-order valence-electron chi connectivity index (χ0n) is 53.8. The Labute approximate surface area is 525 Å². The van der Waals surface area contributed by atoms with Crippen molar-refractivity contribution in [1.29, 1.82) is 0 Å². The topological polar surface area (TPSA) is 373 Å². The largest absolute Gasteiger partial charge is 0.477 e. The predicted octanol–water partition coefficient (Wildman–Crippen LogP) is 5.73. The molecule has 0 aromatic carbocycles. The van der Waals surface area contributed by atoms with Gasteiger partial charge in [0.25, 0.3) is 5.79 Å². The SMILES string of the molecule is CCCCCCCCCCCCCCCCCCCCCCCCCC(=O)NC(COC1OC(CO)C(OC2OC(CO)C(O)C(OC3(C(=O)O)CC(O)C(NC(C)=O)C(C(O)C(O)CO)O3)C2O)C(O)C1O)C(O)CCCCCCCCCCCCC. The van der Waals surface area contributed by atoms with Crippen LogP contribution in [0, 0.1) is 0 Å². The van der Waals surface area contributed by atoms with E-state index in [1.54, 1.807) is 0 Å². The summed E-state index contributed by atoms with van der Waals surface area (Å²) in [6.07, 6.45) is 12.7. The van der Waals surface area contributed by atoms with E-state index in [4.69, 9.17) is 28.4 Å². The minimum Gasteiger partial charge on any atom is -0.477 e. The van der Waals surface area contributed by atoms with Crippen molar-refractivity contribution < 1.29 is 104 Å². The number of ether oxygens (including phenoxy) is 6. The van der Waals surface area contributed by atoms with Crippen LogP contribution in [0.1, 0.15) is 258 Å². The molecule has 0 bridgehead atoms. The Morgan fingerprint density at radius 1 is 0.545 bits per heavy atom. The van der Waals surface area contributed by atoms with Gasteiger partial charge in [-0.2, -0.15) is 0 Å². The first kappa shape index (κ1) is 80.0. The summed E-state index contributed by atoms with van der Waals surface area (Å²) in [6, 6.07) is -2.52. The van der Waals surface area contributed by atoms with Gasteiger partial charge in [0, 0.05) is 19.8 Å². The number of nitrogens with one attached hydrogen (secondary N) is 2. The van der Waals surface area contributed by atoms with Gasteiger partial charge in [-0.3, -0.25) is 9.59 Å². The maximum atomic E-state index is 13.4. The molecular weight excluding hydrogens is 1140 g/mol. The maximum absolute atomic E-state index is 13.4. The minimum atomic E-state index is -3.08. The molecule has 0 aromatic heterocycles. The normalized spacial score (nSPS) is 28.9. The monoisotopic (exact) mass is 1270 g/mol. The van der Waals surface area contributed by atoms with Crippen molar-refractivity contribution in [2.24, 2.45) is 0 Å². The molecule has 88 heavy (non-hydrogen) atoms. The summed E-state index contributed by atoms with van der Waals surface area (Å²) in [5.74, 6) is -6.09. The van der Waals surface area contributed by atoms with E-state index in [2.05, 4.69) is 24.5 Å². The molecule has 18 unspecified atom stereocenters. The molecule has 18 atom stereocenters. The number of aliphatic hydroxyl groups is 11. The van der Waals surface area contributed by atoms with Gasteiger partial charge < -0.3 is 100 Å². The van der Waals surface area contributed by atoms with E-state index in [1.807, 2.05) is 0 Å². The fraction of sp³-hybridized carbons (Fsp3) is 0.954. The maximum Gasteiger partial charge on any atom is 0.364 e. The van der Waals surface area contributed by atoms with Crippen molar-refractivity contribution in [3.63, 3.8) is 0 Å². The smallest absolute Gasteiger partial charge is 0.364 e. The van der Waals surface area contributed by atoms with Gasteiger partial charge in [-0.25, -0.2) is 4.79 Å². The van der Waals surface area contributed by atoms with Crippen LogP contribution in [0.2, 0.25) is 0 Å². The van der Waals surface area contributed by atoms with Gasteiger partial charge in [-0.1, -0.05) is 226 Å². The lowest BCUT2D eigenvalue weighted by Crippen LogP contribution is -2.70. The second-order valence-electron chi connectivity index (χ2n) is 25.4. The summed E-state index contributed by atoms with van der Waals surface area (Å²) in [5, 5.41) is 136. The van der Waals surface area contributed by atoms with Crippen molar-refractivity contribution in [1.82, 2.24) is 10.6 Å². The molecule has 3 saturated heterocycles. The van der Waals surface area contributed by atoms with E-state index in [1.165, 1.54) is 161 Å². The third kappa shape index (κ3) is 29.4.